The Morgan fingerprint density at radius 2 is 1.71 bits per heavy atom. The van der Waals surface area contributed by atoms with E-state index < -0.39 is 5.54 Å². The number of nitrogens with one attached hydrogen (secondary N) is 1. The van der Waals surface area contributed by atoms with Crippen LogP contribution < -0.4 is 14.8 Å². The minimum atomic E-state index is -0.546. The van der Waals surface area contributed by atoms with Crippen LogP contribution in [0.15, 0.2) is 24.3 Å². The second-order valence-electron chi connectivity index (χ2n) is 5.26. The first-order valence-corrected chi connectivity index (χ1v) is 7.66. The number of benzene rings is 1. The Bertz CT molecular complexity index is 456. The van der Waals surface area contributed by atoms with Crippen molar-refractivity contribution in [3.63, 3.8) is 0 Å². The maximum atomic E-state index is 9.29. The van der Waals surface area contributed by atoms with Gasteiger partial charge in [-0.15, -0.1) is 0 Å². The summed E-state index contributed by atoms with van der Waals surface area (Å²) in [5.74, 6) is 1.50. The highest BCUT2D eigenvalue weighted by atomic mass is 16.5. The fourth-order valence-corrected chi connectivity index (χ4v) is 1.85. The van der Waals surface area contributed by atoms with E-state index in [4.69, 9.17) is 9.47 Å². The van der Waals surface area contributed by atoms with E-state index in [0.29, 0.717) is 19.6 Å². The third-order valence-corrected chi connectivity index (χ3v) is 3.18. The molecule has 1 aromatic carbocycles. The lowest BCUT2D eigenvalue weighted by Crippen LogP contribution is -2.42. The highest BCUT2D eigenvalue weighted by Crippen LogP contribution is 2.27. The van der Waals surface area contributed by atoms with E-state index >= 15 is 0 Å². The van der Waals surface area contributed by atoms with E-state index in [1.54, 1.807) is 0 Å². The van der Waals surface area contributed by atoms with E-state index in [-0.39, 0.29) is 0 Å². The molecular formula is C17H26N2O2. The zero-order chi connectivity index (χ0) is 15.6. The van der Waals surface area contributed by atoms with E-state index in [0.717, 1.165) is 30.9 Å². The van der Waals surface area contributed by atoms with E-state index in [1.165, 1.54) is 0 Å². The molecule has 0 aliphatic heterocycles. The second-order valence-corrected chi connectivity index (χ2v) is 5.26. The third-order valence-electron chi connectivity index (χ3n) is 3.18. The number of nitrogens with zero attached hydrogens (tertiary/aromatic N) is 1. The van der Waals surface area contributed by atoms with E-state index in [9.17, 15) is 5.26 Å². The summed E-state index contributed by atoms with van der Waals surface area (Å²) in [5.41, 5.74) is -0.546. The van der Waals surface area contributed by atoms with Gasteiger partial charge in [0, 0.05) is 6.42 Å². The lowest BCUT2D eigenvalue weighted by Gasteiger charge is -2.23. The molecular weight excluding hydrogens is 264 g/mol. The van der Waals surface area contributed by atoms with Gasteiger partial charge in [-0.3, -0.25) is 5.32 Å². The van der Waals surface area contributed by atoms with Crippen LogP contribution in [0.1, 0.15) is 40.0 Å². The van der Waals surface area contributed by atoms with Gasteiger partial charge < -0.3 is 9.47 Å². The average Bonchev–Trinajstić information content (AvgIpc) is 2.52. The van der Waals surface area contributed by atoms with Gasteiger partial charge in [-0.05, 0) is 38.4 Å². The molecule has 0 aliphatic carbocycles. The summed E-state index contributed by atoms with van der Waals surface area (Å²) >= 11 is 0. The summed E-state index contributed by atoms with van der Waals surface area (Å²) < 4.78 is 11.5. The Morgan fingerprint density at radius 3 is 2.24 bits per heavy atom. The van der Waals surface area contributed by atoms with Gasteiger partial charge in [-0.25, -0.2) is 0 Å². The van der Waals surface area contributed by atoms with Crippen LogP contribution in [0, 0.1) is 11.3 Å². The van der Waals surface area contributed by atoms with Crippen molar-refractivity contribution in [2.24, 2.45) is 0 Å². The van der Waals surface area contributed by atoms with Crippen molar-refractivity contribution in [2.45, 2.75) is 45.6 Å². The van der Waals surface area contributed by atoms with Gasteiger partial charge in [0.2, 0.25) is 0 Å². The number of hydrogen-bond donors (Lipinski definition) is 1. The van der Waals surface area contributed by atoms with Crippen molar-refractivity contribution in [2.75, 3.05) is 19.8 Å². The molecule has 0 heterocycles. The molecule has 4 nitrogen and oxygen atoms in total. The second kappa shape index (κ2) is 9.25. The molecule has 0 spiro atoms. The Labute approximate surface area is 128 Å². The van der Waals surface area contributed by atoms with Crippen LogP contribution in [-0.4, -0.2) is 25.3 Å². The van der Waals surface area contributed by atoms with Gasteiger partial charge in [-0.1, -0.05) is 26.0 Å². The van der Waals surface area contributed by atoms with E-state index in [2.05, 4.69) is 25.2 Å². The quantitative estimate of drug-likeness (QED) is 0.716. The smallest absolute Gasteiger partial charge is 0.161 e. The monoisotopic (exact) mass is 290 g/mol. The largest absolute Gasteiger partial charge is 0.490 e. The van der Waals surface area contributed by atoms with Crippen LogP contribution >= 0.6 is 0 Å². The summed E-state index contributed by atoms with van der Waals surface area (Å²) in [4.78, 5) is 0. The number of ether oxygens (including phenoxy) is 2. The molecule has 0 saturated heterocycles. The molecule has 1 rings (SSSR count). The van der Waals surface area contributed by atoms with Crippen molar-refractivity contribution in [3.8, 4) is 17.6 Å². The predicted molar refractivity (Wildman–Crippen MR) is 84.7 cm³/mol. The molecule has 0 fully saturated rings. The SMILES string of the molecule is CCCNC(C)(C#N)CCOc1ccccc1OCCC. The molecule has 1 aromatic rings. The van der Waals surface area contributed by atoms with Gasteiger partial charge in [0.1, 0.15) is 5.54 Å². The van der Waals surface area contributed by atoms with Crippen LogP contribution in [0.5, 0.6) is 11.5 Å². The molecule has 1 atom stereocenters. The lowest BCUT2D eigenvalue weighted by molar-refractivity contribution is 0.244. The van der Waals surface area contributed by atoms with Crippen LogP contribution in [0.25, 0.3) is 0 Å². The molecule has 116 valence electrons. The summed E-state index contributed by atoms with van der Waals surface area (Å²) in [7, 11) is 0. The van der Waals surface area contributed by atoms with Gasteiger partial charge in [0.05, 0.1) is 19.3 Å². The number of nitriles is 1. The minimum Gasteiger partial charge on any atom is -0.490 e. The molecule has 1 unspecified atom stereocenters. The normalized spacial score (nSPS) is 13.2. The predicted octanol–water partition coefficient (Wildman–Crippen LogP) is 3.53. The summed E-state index contributed by atoms with van der Waals surface area (Å²) in [6.45, 7) is 8.05. The van der Waals surface area contributed by atoms with E-state index in [1.807, 2.05) is 31.2 Å². The topological polar surface area (TPSA) is 54.3 Å². The molecule has 0 saturated carbocycles. The Morgan fingerprint density at radius 1 is 1.10 bits per heavy atom. The van der Waals surface area contributed by atoms with Crippen molar-refractivity contribution in [1.82, 2.24) is 5.32 Å². The summed E-state index contributed by atoms with van der Waals surface area (Å²) in [6.07, 6.45) is 2.60. The molecule has 1 N–H and O–H groups in total. The van der Waals surface area contributed by atoms with Gasteiger partial charge in [0.15, 0.2) is 11.5 Å². The Hall–Kier alpha value is -1.73. The summed E-state index contributed by atoms with van der Waals surface area (Å²) in [5, 5.41) is 12.5. The summed E-state index contributed by atoms with van der Waals surface area (Å²) in [6, 6.07) is 9.98. The van der Waals surface area contributed by atoms with Crippen molar-refractivity contribution in [1.29, 1.82) is 5.26 Å². The molecule has 0 amide bonds. The van der Waals surface area contributed by atoms with Crippen molar-refractivity contribution >= 4 is 0 Å². The maximum absolute atomic E-state index is 9.29. The van der Waals surface area contributed by atoms with Crippen molar-refractivity contribution in [3.05, 3.63) is 24.3 Å². The fraction of sp³-hybridized carbons (Fsp3) is 0.588. The molecule has 0 aliphatic rings. The highest BCUT2D eigenvalue weighted by molar-refractivity contribution is 5.39. The number of hydrogen-bond acceptors (Lipinski definition) is 4. The molecule has 0 radical (unpaired) electrons. The van der Waals surface area contributed by atoms with Crippen molar-refractivity contribution < 1.29 is 9.47 Å². The van der Waals surface area contributed by atoms with Crippen LogP contribution in [0.2, 0.25) is 0 Å². The standard InChI is InChI=1S/C17H26N2O2/c1-4-11-19-17(3,14-18)10-13-21-16-9-7-6-8-15(16)20-12-5-2/h6-9,19H,4-5,10-13H2,1-3H3. The van der Waals surface area contributed by atoms with Crippen LogP contribution in [0.4, 0.5) is 0 Å². The average molecular weight is 290 g/mol. The first-order valence-electron chi connectivity index (χ1n) is 7.66. The number of para-hydroxylation sites is 2. The third kappa shape index (κ3) is 6.05. The molecule has 4 heteroatoms. The van der Waals surface area contributed by atoms with Gasteiger partial charge >= 0.3 is 0 Å². The van der Waals surface area contributed by atoms with Gasteiger partial charge in [-0.2, -0.15) is 5.26 Å². The number of rotatable bonds is 10. The maximum Gasteiger partial charge on any atom is 0.161 e. The first-order chi connectivity index (χ1) is 10.1. The Balaban J connectivity index is 2.53. The fourth-order valence-electron chi connectivity index (χ4n) is 1.85. The zero-order valence-electron chi connectivity index (χ0n) is 13.3. The van der Waals surface area contributed by atoms with Crippen LogP contribution in [-0.2, 0) is 0 Å². The molecule has 21 heavy (non-hydrogen) atoms. The van der Waals surface area contributed by atoms with Gasteiger partial charge in [0.25, 0.3) is 0 Å². The van der Waals surface area contributed by atoms with Crippen LogP contribution in [0.3, 0.4) is 0 Å². The minimum absolute atomic E-state index is 0.479. The highest BCUT2D eigenvalue weighted by Gasteiger charge is 2.22. The molecule has 0 aromatic heterocycles. The zero-order valence-corrected chi connectivity index (χ0v) is 13.3. The Kier molecular flexibility index (Phi) is 7.63. The molecule has 0 bridgehead atoms. The lowest BCUT2D eigenvalue weighted by atomic mass is 10.0. The first kappa shape index (κ1) is 17.3.